The van der Waals surface area contributed by atoms with E-state index in [0.29, 0.717) is 13.0 Å². The molecule has 2 fully saturated rings. The second-order valence-electron chi connectivity index (χ2n) is 10.5. The predicted molar refractivity (Wildman–Crippen MR) is 143 cm³/mol. The van der Waals surface area contributed by atoms with Gasteiger partial charge in [-0.25, -0.2) is 0 Å². The van der Waals surface area contributed by atoms with Gasteiger partial charge in [0.2, 0.25) is 5.91 Å². The average molecular weight is 498 g/mol. The predicted octanol–water partition coefficient (Wildman–Crippen LogP) is 4.91. The van der Waals surface area contributed by atoms with Gasteiger partial charge in [-0.05, 0) is 82.1 Å². The van der Waals surface area contributed by atoms with Crippen LogP contribution in [0.5, 0.6) is 5.75 Å². The zero-order chi connectivity index (χ0) is 24.7. The molecule has 35 heavy (non-hydrogen) atoms. The fraction of sp³-hybridized carbons (Fsp3) is 0.552. The van der Waals surface area contributed by atoms with Crippen molar-refractivity contribution in [3.63, 3.8) is 0 Å². The average Bonchev–Trinajstić information content (AvgIpc) is 2.86. The van der Waals surface area contributed by atoms with E-state index in [4.69, 9.17) is 16.3 Å². The number of nitrogens with zero attached hydrogens (tertiary/aromatic N) is 3. The summed E-state index contributed by atoms with van der Waals surface area (Å²) in [5, 5.41) is 0.750. The summed E-state index contributed by atoms with van der Waals surface area (Å²) in [6.07, 6.45) is 4.89. The zero-order valence-electron chi connectivity index (χ0n) is 21.3. The van der Waals surface area contributed by atoms with Crippen molar-refractivity contribution in [1.29, 1.82) is 0 Å². The van der Waals surface area contributed by atoms with Gasteiger partial charge >= 0.3 is 0 Å². The molecule has 5 nitrogen and oxygen atoms in total. The summed E-state index contributed by atoms with van der Waals surface area (Å²) in [6, 6.07) is 16.5. The molecule has 6 heteroatoms. The van der Waals surface area contributed by atoms with E-state index in [0.717, 1.165) is 87.8 Å². The third-order valence-corrected chi connectivity index (χ3v) is 8.00. The number of carbonyl (C=O) groups is 1. The Morgan fingerprint density at radius 1 is 1.06 bits per heavy atom. The highest BCUT2D eigenvalue weighted by atomic mass is 35.5. The Hall–Kier alpha value is -2.08. The number of piperazine rings is 1. The van der Waals surface area contributed by atoms with Crippen molar-refractivity contribution in [3.8, 4) is 5.75 Å². The number of likely N-dealkylation sites (tertiary alicyclic amines) is 1. The van der Waals surface area contributed by atoms with Crippen LogP contribution in [0.15, 0.2) is 48.5 Å². The van der Waals surface area contributed by atoms with Gasteiger partial charge in [0.25, 0.3) is 0 Å². The van der Waals surface area contributed by atoms with E-state index in [1.54, 1.807) is 0 Å². The van der Waals surface area contributed by atoms with Gasteiger partial charge < -0.3 is 19.4 Å². The van der Waals surface area contributed by atoms with Crippen LogP contribution in [0.3, 0.4) is 0 Å². The molecule has 2 saturated heterocycles. The minimum Gasteiger partial charge on any atom is -0.493 e. The lowest BCUT2D eigenvalue weighted by molar-refractivity contribution is -0.137. The van der Waals surface area contributed by atoms with Gasteiger partial charge in [-0.3, -0.25) is 4.79 Å². The standard InChI is InChI=1S/C29H40ClN3O2/c1-24-20-26(11-12-27(24)30)35-23-29(21-28(34)33-18-16-31(2)17-19-33)13-7-15-32(22-29)14-6-10-25-8-4-3-5-9-25/h3-5,8-9,11-12,20H,6-7,10,13-19,21-23H2,1-2H3. The molecule has 2 aliphatic rings. The lowest BCUT2D eigenvalue weighted by Gasteiger charge is -2.43. The summed E-state index contributed by atoms with van der Waals surface area (Å²) in [7, 11) is 2.12. The number of carbonyl (C=O) groups excluding carboxylic acids is 1. The van der Waals surface area contributed by atoms with Crippen molar-refractivity contribution in [2.24, 2.45) is 5.41 Å². The van der Waals surface area contributed by atoms with Gasteiger partial charge in [0.05, 0.1) is 6.61 Å². The number of ether oxygens (including phenoxy) is 1. The van der Waals surface area contributed by atoms with Gasteiger partial charge in [-0.1, -0.05) is 41.9 Å². The topological polar surface area (TPSA) is 36.0 Å². The first kappa shape index (κ1) is 26.0. The lowest BCUT2D eigenvalue weighted by Crippen LogP contribution is -2.52. The Morgan fingerprint density at radius 2 is 1.83 bits per heavy atom. The molecule has 190 valence electrons. The second-order valence-corrected chi connectivity index (χ2v) is 10.9. The maximum atomic E-state index is 13.4. The summed E-state index contributed by atoms with van der Waals surface area (Å²) < 4.78 is 6.35. The Balaban J connectivity index is 1.41. The van der Waals surface area contributed by atoms with Crippen molar-refractivity contribution in [3.05, 3.63) is 64.7 Å². The summed E-state index contributed by atoms with van der Waals surface area (Å²) >= 11 is 6.22. The van der Waals surface area contributed by atoms with Crippen LogP contribution in [0, 0.1) is 12.3 Å². The van der Waals surface area contributed by atoms with Crippen molar-refractivity contribution in [2.75, 3.05) is 59.5 Å². The Kier molecular flexibility index (Phi) is 9.10. The quantitative estimate of drug-likeness (QED) is 0.493. The van der Waals surface area contributed by atoms with Crippen LogP contribution in [-0.2, 0) is 11.2 Å². The molecular weight excluding hydrogens is 458 g/mol. The molecular formula is C29H40ClN3O2. The van der Waals surface area contributed by atoms with E-state index in [9.17, 15) is 4.79 Å². The monoisotopic (exact) mass is 497 g/mol. The molecule has 0 saturated carbocycles. The van der Waals surface area contributed by atoms with Crippen LogP contribution in [0.4, 0.5) is 0 Å². The molecule has 4 rings (SSSR count). The highest BCUT2D eigenvalue weighted by Crippen LogP contribution is 2.36. The van der Waals surface area contributed by atoms with Gasteiger partial charge in [0.15, 0.2) is 0 Å². The lowest BCUT2D eigenvalue weighted by atomic mass is 9.77. The summed E-state index contributed by atoms with van der Waals surface area (Å²) in [5.74, 6) is 1.11. The number of piperidine rings is 1. The Morgan fingerprint density at radius 3 is 2.57 bits per heavy atom. The number of likely N-dealkylation sites (N-methyl/N-ethyl adjacent to an activating group) is 1. The van der Waals surface area contributed by atoms with Gasteiger partial charge in [-0.15, -0.1) is 0 Å². The van der Waals surface area contributed by atoms with Crippen molar-refractivity contribution < 1.29 is 9.53 Å². The Bertz CT molecular complexity index is 962. The number of aryl methyl sites for hydroxylation is 2. The van der Waals surface area contributed by atoms with Crippen molar-refractivity contribution in [1.82, 2.24) is 14.7 Å². The number of benzene rings is 2. The summed E-state index contributed by atoms with van der Waals surface area (Å²) in [6.45, 7) is 9.16. The van der Waals surface area contributed by atoms with E-state index in [2.05, 4.69) is 52.1 Å². The van der Waals surface area contributed by atoms with E-state index in [-0.39, 0.29) is 11.3 Å². The first-order valence-corrected chi connectivity index (χ1v) is 13.4. The first-order valence-electron chi connectivity index (χ1n) is 13.0. The first-order chi connectivity index (χ1) is 16.9. The Labute approximate surface area is 216 Å². The molecule has 1 atom stereocenters. The molecule has 0 spiro atoms. The summed E-state index contributed by atoms with van der Waals surface area (Å²) in [5.41, 5.74) is 2.24. The minimum absolute atomic E-state index is 0.168. The van der Waals surface area contributed by atoms with E-state index in [1.165, 1.54) is 5.56 Å². The third-order valence-electron chi connectivity index (χ3n) is 7.58. The van der Waals surface area contributed by atoms with Gasteiger partial charge in [-0.2, -0.15) is 0 Å². The SMILES string of the molecule is Cc1cc(OCC2(CC(=O)N3CCN(C)CC3)CCCN(CCCc3ccccc3)C2)ccc1Cl. The van der Waals surface area contributed by atoms with Crippen LogP contribution >= 0.6 is 11.6 Å². The van der Waals surface area contributed by atoms with Gasteiger partial charge in [0, 0.05) is 49.6 Å². The molecule has 0 N–H and O–H groups in total. The number of rotatable bonds is 9. The largest absolute Gasteiger partial charge is 0.493 e. The number of hydrogen-bond acceptors (Lipinski definition) is 4. The smallest absolute Gasteiger partial charge is 0.223 e. The number of hydrogen-bond donors (Lipinski definition) is 0. The van der Waals surface area contributed by atoms with E-state index in [1.807, 2.05) is 25.1 Å². The maximum absolute atomic E-state index is 13.4. The fourth-order valence-corrected chi connectivity index (χ4v) is 5.51. The highest BCUT2D eigenvalue weighted by molar-refractivity contribution is 6.31. The summed E-state index contributed by atoms with van der Waals surface area (Å²) in [4.78, 5) is 20.3. The van der Waals surface area contributed by atoms with Crippen LogP contribution in [0.25, 0.3) is 0 Å². The molecule has 2 aromatic rings. The molecule has 0 aromatic heterocycles. The second kappa shape index (κ2) is 12.2. The number of amides is 1. The fourth-order valence-electron chi connectivity index (χ4n) is 5.40. The minimum atomic E-state index is -0.168. The van der Waals surface area contributed by atoms with Crippen molar-refractivity contribution >= 4 is 17.5 Å². The maximum Gasteiger partial charge on any atom is 0.223 e. The molecule has 1 amide bonds. The molecule has 0 radical (unpaired) electrons. The molecule has 2 aromatic carbocycles. The van der Waals surface area contributed by atoms with Crippen LogP contribution in [0.1, 0.15) is 36.8 Å². The number of halogens is 1. The zero-order valence-corrected chi connectivity index (χ0v) is 22.1. The molecule has 2 heterocycles. The molecule has 0 bridgehead atoms. The van der Waals surface area contributed by atoms with Crippen molar-refractivity contribution in [2.45, 2.75) is 39.0 Å². The van der Waals surface area contributed by atoms with Gasteiger partial charge in [0.1, 0.15) is 5.75 Å². The normalized spacial score (nSPS) is 21.7. The van der Waals surface area contributed by atoms with E-state index >= 15 is 0 Å². The van der Waals surface area contributed by atoms with Crippen LogP contribution in [0.2, 0.25) is 5.02 Å². The molecule has 2 aliphatic heterocycles. The van der Waals surface area contributed by atoms with Crippen LogP contribution in [-0.4, -0.2) is 80.1 Å². The van der Waals surface area contributed by atoms with E-state index < -0.39 is 0 Å². The third kappa shape index (κ3) is 7.45. The molecule has 0 aliphatic carbocycles. The molecule has 1 unspecified atom stereocenters. The highest BCUT2D eigenvalue weighted by Gasteiger charge is 2.39. The van der Waals surface area contributed by atoms with Crippen LogP contribution < -0.4 is 4.74 Å².